The van der Waals surface area contributed by atoms with E-state index in [4.69, 9.17) is 5.84 Å². The summed E-state index contributed by atoms with van der Waals surface area (Å²) >= 11 is 0. The van der Waals surface area contributed by atoms with E-state index < -0.39 is 0 Å². The van der Waals surface area contributed by atoms with Gasteiger partial charge in [-0.1, -0.05) is 0 Å². The SMILES string of the molecule is Cc1cc(C(NN)c2cncc(F)c2)ccn1. The smallest absolute Gasteiger partial charge is 0.141 e. The number of aromatic nitrogens is 2. The van der Waals surface area contributed by atoms with Gasteiger partial charge < -0.3 is 0 Å². The second-order valence-corrected chi connectivity index (χ2v) is 3.77. The number of rotatable bonds is 3. The lowest BCUT2D eigenvalue weighted by atomic mass is 10.0. The fourth-order valence-corrected chi connectivity index (χ4v) is 1.72. The van der Waals surface area contributed by atoms with Crippen LogP contribution in [0, 0.1) is 12.7 Å². The first-order valence-corrected chi connectivity index (χ1v) is 5.20. The maximum atomic E-state index is 13.1. The van der Waals surface area contributed by atoms with Crippen molar-refractivity contribution in [3.63, 3.8) is 0 Å². The molecule has 0 aliphatic rings. The Kier molecular flexibility index (Phi) is 3.41. The third-order valence-electron chi connectivity index (χ3n) is 2.48. The van der Waals surface area contributed by atoms with Crippen molar-refractivity contribution in [2.45, 2.75) is 13.0 Å². The van der Waals surface area contributed by atoms with Crippen LogP contribution in [0.4, 0.5) is 4.39 Å². The minimum absolute atomic E-state index is 0.292. The Labute approximate surface area is 98.7 Å². The van der Waals surface area contributed by atoms with Crippen LogP contribution >= 0.6 is 0 Å². The van der Waals surface area contributed by atoms with Gasteiger partial charge in [0.25, 0.3) is 0 Å². The second kappa shape index (κ2) is 4.99. The highest BCUT2D eigenvalue weighted by Crippen LogP contribution is 2.21. The Morgan fingerprint density at radius 1 is 1.29 bits per heavy atom. The summed E-state index contributed by atoms with van der Waals surface area (Å²) in [7, 11) is 0. The molecule has 1 atom stereocenters. The molecular formula is C12H13FN4. The van der Waals surface area contributed by atoms with E-state index in [1.165, 1.54) is 6.07 Å². The number of pyridine rings is 2. The van der Waals surface area contributed by atoms with E-state index in [1.54, 1.807) is 12.4 Å². The van der Waals surface area contributed by atoms with Crippen molar-refractivity contribution in [3.8, 4) is 0 Å². The van der Waals surface area contributed by atoms with Gasteiger partial charge in [-0.2, -0.15) is 0 Å². The fourth-order valence-electron chi connectivity index (χ4n) is 1.72. The van der Waals surface area contributed by atoms with E-state index >= 15 is 0 Å². The van der Waals surface area contributed by atoms with Crippen molar-refractivity contribution in [2.75, 3.05) is 0 Å². The van der Waals surface area contributed by atoms with Gasteiger partial charge in [-0.15, -0.1) is 0 Å². The van der Waals surface area contributed by atoms with Gasteiger partial charge in [-0.05, 0) is 36.2 Å². The molecule has 0 amide bonds. The summed E-state index contributed by atoms with van der Waals surface area (Å²) in [6.45, 7) is 1.89. The predicted octanol–water partition coefficient (Wildman–Crippen LogP) is 1.48. The van der Waals surface area contributed by atoms with Crippen LogP contribution in [0.2, 0.25) is 0 Å². The highest BCUT2D eigenvalue weighted by Gasteiger charge is 2.13. The Morgan fingerprint density at radius 3 is 2.76 bits per heavy atom. The Morgan fingerprint density at radius 2 is 2.12 bits per heavy atom. The van der Waals surface area contributed by atoms with Gasteiger partial charge in [0.2, 0.25) is 0 Å². The minimum atomic E-state index is -0.381. The molecule has 0 spiro atoms. The molecule has 5 heteroatoms. The molecule has 0 aromatic carbocycles. The molecule has 0 aliphatic carbocycles. The third-order valence-corrected chi connectivity index (χ3v) is 2.48. The number of nitrogens with one attached hydrogen (secondary N) is 1. The van der Waals surface area contributed by atoms with Gasteiger partial charge in [-0.25, -0.2) is 9.82 Å². The average molecular weight is 232 g/mol. The van der Waals surface area contributed by atoms with Crippen LogP contribution in [0.25, 0.3) is 0 Å². The van der Waals surface area contributed by atoms with Gasteiger partial charge in [-0.3, -0.25) is 15.8 Å². The first kappa shape index (κ1) is 11.6. The van der Waals surface area contributed by atoms with Crippen molar-refractivity contribution in [1.82, 2.24) is 15.4 Å². The topological polar surface area (TPSA) is 63.8 Å². The molecule has 0 bridgehead atoms. The molecule has 17 heavy (non-hydrogen) atoms. The monoisotopic (exact) mass is 232 g/mol. The van der Waals surface area contributed by atoms with Crippen molar-refractivity contribution < 1.29 is 4.39 Å². The molecule has 2 aromatic heterocycles. The van der Waals surface area contributed by atoms with Crippen molar-refractivity contribution in [3.05, 3.63) is 59.4 Å². The van der Waals surface area contributed by atoms with Gasteiger partial charge in [0.05, 0.1) is 12.2 Å². The molecule has 1 unspecified atom stereocenters. The molecular weight excluding hydrogens is 219 g/mol. The third kappa shape index (κ3) is 2.64. The largest absolute Gasteiger partial charge is 0.271 e. The van der Waals surface area contributed by atoms with E-state index in [0.717, 1.165) is 17.5 Å². The zero-order valence-corrected chi connectivity index (χ0v) is 9.39. The van der Waals surface area contributed by atoms with E-state index in [9.17, 15) is 4.39 Å². The summed E-state index contributed by atoms with van der Waals surface area (Å²) < 4.78 is 13.1. The number of halogens is 1. The van der Waals surface area contributed by atoms with Crippen LogP contribution < -0.4 is 11.3 Å². The van der Waals surface area contributed by atoms with Crippen LogP contribution in [0.5, 0.6) is 0 Å². The molecule has 0 saturated carbocycles. The molecule has 0 radical (unpaired) electrons. The maximum Gasteiger partial charge on any atom is 0.141 e. The normalized spacial score (nSPS) is 12.4. The predicted molar refractivity (Wildman–Crippen MR) is 62.3 cm³/mol. The zero-order valence-electron chi connectivity index (χ0n) is 9.39. The zero-order chi connectivity index (χ0) is 12.3. The quantitative estimate of drug-likeness (QED) is 0.621. The first-order valence-electron chi connectivity index (χ1n) is 5.20. The van der Waals surface area contributed by atoms with E-state index in [1.807, 2.05) is 19.1 Å². The maximum absolute atomic E-state index is 13.1. The molecule has 0 aliphatic heterocycles. The fraction of sp³-hybridized carbons (Fsp3) is 0.167. The van der Waals surface area contributed by atoms with Crippen molar-refractivity contribution >= 4 is 0 Å². The molecule has 2 heterocycles. The van der Waals surface area contributed by atoms with E-state index in [0.29, 0.717) is 5.56 Å². The summed E-state index contributed by atoms with van der Waals surface area (Å²) in [6.07, 6.45) is 4.44. The highest BCUT2D eigenvalue weighted by atomic mass is 19.1. The molecule has 4 nitrogen and oxygen atoms in total. The lowest BCUT2D eigenvalue weighted by Crippen LogP contribution is -2.29. The number of hydrazine groups is 1. The molecule has 0 saturated heterocycles. The number of aryl methyl sites for hydroxylation is 1. The van der Waals surface area contributed by atoms with Gasteiger partial charge in [0.1, 0.15) is 5.82 Å². The second-order valence-electron chi connectivity index (χ2n) is 3.77. The molecule has 2 rings (SSSR count). The summed E-state index contributed by atoms with van der Waals surface area (Å²) in [5.74, 6) is 5.14. The van der Waals surface area contributed by atoms with Gasteiger partial charge >= 0.3 is 0 Å². The first-order chi connectivity index (χ1) is 8.20. The van der Waals surface area contributed by atoms with Crippen molar-refractivity contribution in [2.24, 2.45) is 5.84 Å². The molecule has 0 fully saturated rings. The van der Waals surface area contributed by atoms with Crippen LogP contribution in [0.15, 0.2) is 36.8 Å². The number of hydrogen-bond acceptors (Lipinski definition) is 4. The number of nitrogens with two attached hydrogens (primary N) is 1. The van der Waals surface area contributed by atoms with Crippen LogP contribution in [-0.2, 0) is 0 Å². The summed E-state index contributed by atoms with van der Waals surface area (Å²) in [4.78, 5) is 7.92. The van der Waals surface area contributed by atoms with E-state index in [-0.39, 0.29) is 11.9 Å². The molecule has 3 N–H and O–H groups in total. The number of hydrogen-bond donors (Lipinski definition) is 2. The van der Waals surface area contributed by atoms with Crippen LogP contribution in [0.3, 0.4) is 0 Å². The van der Waals surface area contributed by atoms with Crippen molar-refractivity contribution in [1.29, 1.82) is 0 Å². The summed E-state index contributed by atoms with van der Waals surface area (Å²) in [6, 6.07) is 4.85. The molecule has 2 aromatic rings. The lowest BCUT2D eigenvalue weighted by molar-refractivity contribution is 0.597. The summed E-state index contributed by atoms with van der Waals surface area (Å²) in [5, 5.41) is 0. The minimum Gasteiger partial charge on any atom is -0.271 e. The lowest BCUT2D eigenvalue weighted by Gasteiger charge is -2.16. The Bertz CT molecular complexity index is 470. The Hall–Kier alpha value is -1.85. The molecule has 88 valence electrons. The average Bonchev–Trinajstić information content (AvgIpc) is 2.30. The van der Waals surface area contributed by atoms with Gasteiger partial charge in [0.15, 0.2) is 0 Å². The standard InChI is InChI=1S/C12H13FN4/c1-8-4-9(2-3-16-8)12(17-14)10-5-11(13)7-15-6-10/h2-7,12,17H,14H2,1H3. The summed E-state index contributed by atoms with van der Waals surface area (Å²) in [5.41, 5.74) is 5.14. The number of nitrogens with zero attached hydrogens (tertiary/aromatic N) is 2. The van der Waals surface area contributed by atoms with Gasteiger partial charge in [0, 0.05) is 18.1 Å². The van der Waals surface area contributed by atoms with Crippen LogP contribution in [-0.4, -0.2) is 9.97 Å². The van der Waals surface area contributed by atoms with E-state index in [2.05, 4.69) is 15.4 Å². The highest BCUT2D eigenvalue weighted by molar-refractivity contribution is 5.30. The Balaban J connectivity index is 2.40. The van der Waals surface area contributed by atoms with Crippen LogP contribution in [0.1, 0.15) is 22.9 Å².